The molecule has 3 nitrogen and oxygen atoms in total. The monoisotopic (exact) mass is 217 g/mol. The molecule has 3 heteroatoms. The van der Waals surface area contributed by atoms with Crippen LogP contribution in [-0.4, -0.2) is 29.1 Å². The quantitative estimate of drug-likeness (QED) is 0.836. The molecule has 1 saturated heterocycles. The highest BCUT2D eigenvalue weighted by molar-refractivity contribution is 5.79. The van der Waals surface area contributed by atoms with Crippen LogP contribution in [0.25, 0.3) is 0 Å². The Balaban J connectivity index is 1.66. The molecule has 3 rings (SSSR count). The van der Waals surface area contributed by atoms with Crippen molar-refractivity contribution >= 4 is 5.97 Å². The highest BCUT2D eigenvalue weighted by Crippen LogP contribution is 2.58. The van der Waals surface area contributed by atoms with Crippen molar-refractivity contribution in [3.63, 3.8) is 0 Å². The summed E-state index contributed by atoms with van der Waals surface area (Å²) in [6.07, 6.45) is 0.883. The molecule has 84 valence electrons. The lowest BCUT2D eigenvalue weighted by Gasteiger charge is -2.18. The largest absolute Gasteiger partial charge is 0.481 e. The number of hydrogen-bond acceptors (Lipinski definition) is 2. The minimum atomic E-state index is -0.604. The molecule has 1 aliphatic carbocycles. The summed E-state index contributed by atoms with van der Waals surface area (Å²) >= 11 is 0. The van der Waals surface area contributed by atoms with Crippen molar-refractivity contribution in [2.75, 3.05) is 13.1 Å². The number of fused-ring (bicyclic) bond motifs is 1. The first kappa shape index (κ1) is 9.85. The van der Waals surface area contributed by atoms with Crippen molar-refractivity contribution in [3.05, 3.63) is 35.9 Å². The molecule has 2 aliphatic rings. The van der Waals surface area contributed by atoms with Gasteiger partial charge in [-0.15, -0.1) is 0 Å². The highest BCUT2D eigenvalue weighted by atomic mass is 16.4. The first-order valence-corrected chi connectivity index (χ1v) is 5.70. The lowest BCUT2D eigenvalue weighted by Crippen LogP contribution is -2.28. The smallest absolute Gasteiger partial charge is 0.311 e. The van der Waals surface area contributed by atoms with Crippen LogP contribution < -0.4 is 0 Å². The van der Waals surface area contributed by atoms with E-state index in [9.17, 15) is 9.90 Å². The third kappa shape index (κ3) is 1.43. The Bertz CT molecular complexity index is 417. The average Bonchev–Trinajstić information content (AvgIpc) is 2.84. The van der Waals surface area contributed by atoms with Crippen molar-refractivity contribution in [3.8, 4) is 0 Å². The van der Waals surface area contributed by atoms with Gasteiger partial charge in [0.1, 0.15) is 0 Å². The summed E-state index contributed by atoms with van der Waals surface area (Å²) in [6.45, 7) is 2.55. The molecule has 2 atom stereocenters. The maximum atomic E-state index is 11.1. The zero-order chi connectivity index (χ0) is 11.2. The second-order valence-electron chi connectivity index (χ2n) is 5.02. The molecule has 0 amide bonds. The van der Waals surface area contributed by atoms with Crippen LogP contribution in [0.2, 0.25) is 0 Å². The number of aliphatic carboxylic acids is 1. The van der Waals surface area contributed by atoms with Gasteiger partial charge in [0.2, 0.25) is 0 Å². The molecule has 0 aromatic heterocycles. The zero-order valence-corrected chi connectivity index (χ0v) is 9.10. The predicted molar refractivity (Wildman–Crippen MR) is 59.9 cm³/mol. The van der Waals surface area contributed by atoms with E-state index >= 15 is 0 Å². The van der Waals surface area contributed by atoms with Gasteiger partial charge in [-0.25, -0.2) is 0 Å². The van der Waals surface area contributed by atoms with Gasteiger partial charge in [-0.1, -0.05) is 30.3 Å². The van der Waals surface area contributed by atoms with Crippen LogP contribution in [0.3, 0.4) is 0 Å². The van der Waals surface area contributed by atoms with E-state index in [0.29, 0.717) is 5.92 Å². The highest BCUT2D eigenvalue weighted by Gasteiger charge is 2.65. The topological polar surface area (TPSA) is 40.5 Å². The van der Waals surface area contributed by atoms with Crippen molar-refractivity contribution in [1.29, 1.82) is 0 Å². The summed E-state index contributed by atoms with van der Waals surface area (Å²) < 4.78 is 0. The van der Waals surface area contributed by atoms with Gasteiger partial charge in [-0.3, -0.25) is 9.69 Å². The van der Waals surface area contributed by atoms with Crippen LogP contribution in [-0.2, 0) is 11.3 Å². The van der Waals surface area contributed by atoms with E-state index in [1.807, 2.05) is 18.2 Å². The zero-order valence-electron chi connectivity index (χ0n) is 9.10. The molecule has 1 N–H and O–H groups in total. The number of hydrogen-bond donors (Lipinski definition) is 1. The van der Waals surface area contributed by atoms with Gasteiger partial charge in [0.05, 0.1) is 5.41 Å². The van der Waals surface area contributed by atoms with E-state index in [1.54, 1.807) is 0 Å². The molecule has 1 saturated carbocycles. The number of carboxylic acid groups (broad SMARTS) is 1. The molecule has 0 unspecified atom stereocenters. The lowest BCUT2D eigenvalue weighted by atomic mass is 10.1. The van der Waals surface area contributed by atoms with E-state index in [-0.39, 0.29) is 0 Å². The standard InChI is InChI=1S/C13H15NO2/c15-12(16)13-6-11(13)8-14(9-13)7-10-4-2-1-3-5-10/h1-5,11H,6-9H2,(H,15,16)/t11-,13+/m1/s1. The van der Waals surface area contributed by atoms with Crippen molar-refractivity contribution in [2.45, 2.75) is 13.0 Å². The number of nitrogens with zero attached hydrogens (tertiary/aromatic N) is 1. The fraction of sp³-hybridized carbons (Fsp3) is 0.462. The Hall–Kier alpha value is -1.35. The van der Waals surface area contributed by atoms with Crippen LogP contribution in [0.4, 0.5) is 0 Å². The van der Waals surface area contributed by atoms with Crippen LogP contribution in [0, 0.1) is 11.3 Å². The Morgan fingerprint density at radius 3 is 2.81 bits per heavy atom. The molecule has 1 heterocycles. The van der Waals surface area contributed by atoms with Crippen LogP contribution in [0.15, 0.2) is 30.3 Å². The summed E-state index contributed by atoms with van der Waals surface area (Å²) in [7, 11) is 0. The third-order valence-electron chi connectivity index (χ3n) is 3.89. The average molecular weight is 217 g/mol. The normalized spacial score (nSPS) is 32.4. The second-order valence-corrected chi connectivity index (χ2v) is 5.02. The number of piperidine rings is 1. The predicted octanol–water partition coefficient (Wildman–Crippen LogP) is 1.59. The summed E-state index contributed by atoms with van der Waals surface area (Å²) in [5.41, 5.74) is 0.874. The number of likely N-dealkylation sites (tertiary alicyclic amines) is 1. The first-order valence-electron chi connectivity index (χ1n) is 5.70. The van der Waals surface area contributed by atoms with Gasteiger partial charge in [-0.2, -0.15) is 0 Å². The maximum absolute atomic E-state index is 11.1. The molecule has 1 aromatic rings. The van der Waals surface area contributed by atoms with E-state index in [2.05, 4.69) is 17.0 Å². The lowest BCUT2D eigenvalue weighted by molar-refractivity contribution is -0.143. The Labute approximate surface area is 94.7 Å². The molecule has 0 spiro atoms. The Morgan fingerprint density at radius 1 is 1.44 bits per heavy atom. The summed E-state index contributed by atoms with van der Waals surface area (Å²) in [6, 6.07) is 10.2. The fourth-order valence-electron chi connectivity index (χ4n) is 2.88. The maximum Gasteiger partial charge on any atom is 0.311 e. The summed E-state index contributed by atoms with van der Waals surface area (Å²) in [5, 5.41) is 9.17. The van der Waals surface area contributed by atoms with Gasteiger partial charge in [0.15, 0.2) is 0 Å². The molecular formula is C13H15NO2. The van der Waals surface area contributed by atoms with Gasteiger partial charge < -0.3 is 5.11 Å². The minimum absolute atomic E-state index is 0.394. The van der Waals surface area contributed by atoms with E-state index < -0.39 is 11.4 Å². The molecule has 0 radical (unpaired) electrons. The Kier molecular flexibility index (Phi) is 2.04. The van der Waals surface area contributed by atoms with Crippen molar-refractivity contribution in [2.24, 2.45) is 11.3 Å². The molecule has 16 heavy (non-hydrogen) atoms. The first-order chi connectivity index (χ1) is 7.71. The van der Waals surface area contributed by atoms with Gasteiger partial charge in [0.25, 0.3) is 0 Å². The Morgan fingerprint density at radius 2 is 2.19 bits per heavy atom. The van der Waals surface area contributed by atoms with E-state index in [0.717, 1.165) is 26.1 Å². The molecule has 0 bridgehead atoms. The van der Waals surface area contributed by atoms with Gasteiger partial charge >= 0.3 is 5.97 Å². The van der Waals surface area contributed by atoms with Crippen LogP contribution in [0.5, 0.6) is 0 Å². The number of benzene rings is 1. The fourth-order valence-corrected chi connectivity index (χ4v) is 2.88. The number of rotatable bonds is 3. The van der Waals surface area contributed by atoms with Gasteiger partial charge in [-0.05, 0) is 17.9 Å². The molecular weight excluding hydrogens is 202 g/mol. The van der Waals surface area contributed by atoms with E-state index in [1.165, 1.54) is 5.56 Å². The number of carbonyl (C=O) groups is 1. The molecule has 1 aliphatic heterocycles. The number of carboxylic acids is 1. The van der Waals surface area contributed by atoms with E-state index in [4.69, 9.17) is 0 Å². The molecule has 1 aromatic carbocycles. The molecule has 2 fully saturated rings. The third-order valence-corrected chi connectivity index (χ3v) is 3.89. The summed E-state index contributed by atoms with van der Waals surface area (Å²) in [4.78, 5) is 13.4. The van der Waals surface area contributed by atoms with Crippen molar-refractivity contribution in [1.82, 2.24) is 4.90 Å². The SMILES string of the molecule is O=C(O)[C@]12C[C@@H]1CN(Cc1ccccc1)C2. The second kappa shape index (κ2) is 3.32. The summed E-state index contributed by atoms with van der Waals surface area (Å²) in [5.74, 6) is -0.207. The van der Waals surface area contributed by atoms with Crippen LogP contribution >= 0.6 is 0 Å². The minimum Gasteiger partial charge on any atom is -0.481 e. The van der Waals surface area contributed by atoms with Crippen molar-refractivity contribution < 1.29 is 9.90 Å². The van der Waals surface area contributed by atoms with Gasteiger partial charge in [0, 0.05) is 19.6 Å². The van der Waals surface area contributed by atoms with Crippen LogP contribution in [0.1, 0.15) is 12.0 Å².